The van der Waals surface area contributed by atoms with E-state index in [1.165, 1.54) is 23.8 Å². The lowest BCUT2D eigenvalue weighted by atomic mass is 9.90. The lowest BCUT2D eigenvalue weighted by Gasteiger charge is -2.29. The van der Waals surface area contributed by atoms with Crippen molar-refractivity contribution in [1.82, 2.24) is 14.3 Å². The van der Waals surface area contributed by atoms with Crippen LogP contribution in [-0.4, -0.2) is 37.3 Å². The lowest BCUT2D eigenvalue weighted by molar-refractivity contribution is -0.277. The fourth-order valence-electron chi connectivity index (χ4n) is 2.68. The molecule has 0 bridgehead atoms. The quantitative estimate of drug-likeness (QED) is 0.610. The van der Waals surface area contributed by atoms with Crippen LogP contribution in [0.4, 0.5) is 19.0 Å². The summed E-state index contributed by atoms with van der Waals surface area (Å²) in [7, 11) is 0. The van der Waals surface area contributed by atoms with Crippen LogP contribution in [0.25, 0.3) is 21.8 Å². The molecule has 3 rings (SSSR count). The van der Waals surface area contributed by atoms with Gasteiger partial charge in [0.25, 0.3) is 0 Å². The molecule has 0 aliphatic rings. The molecule has 0 fully saturated rings. The van der Waals surface area contributed by atoms with Crippen LogP contribution in [0.5, 0.6) is 0 Å². The second kappa shape index (κ2) is 7.12. The first-order valence-corrected chi connectivity index (χ1v) is 8.92. The molecular weight excluding hydrogens is 393 g/mol. The monoisotopic (exact) mass is 410 g/mol. The zero-order valence-corrected chi connectivity index (χ0v) is 15.8. The van der Waals surface area contributed by atoms with Gasteiger partial charge in [-0.25, -0.2) is 9.97 Å². The molecule has 0 saturated heterocycles. The number of rotatable bonds is 4. The normalized spacial score (nSPS) is 14.1. The Hall–Kier alpha value is -2.56. The number of benzene rings is 1. The number of anilines is 1. The van der Waals surface area contributed by atoms with Gasteiger partial charge < -0.3 is 15.9 Å². The number of nitrogen functional groups attached to an aromatic ring is 1. The third-order valence-corrected chi connectivity index (χ3v) is 5.24. The summed E-state index contributed by atoms with van der Waals surface area (Å²) in [5.74, 6) is 0.170. The molecule has 1 atom stereocenters. The van der Waals surface area contributed by atoms with Crippen molar-refractivity contribution in [2.45, 2.75) is 25.6 Å². The van der Waals surface area contributed by atoms with E-state index in [1.807, 2.05) is 6.92 Å². The molecule has 0 radical (unpaired) electrons. The summed E-state index contributed by atoms with van der Waals surface area (Å²) in [4.78, 5) is 9.24. The summed E-state index contributed by atoms with van der Waals surface area (Å²) in [5, 5.41) is 19.2. The molecule has 1 aromatic carbocycles. The maximum atomic E-state index is 13.3. The molecule has 2 heterocycles. The number of alkyl halides is 3. The Morgan fingerprint density at radius 2 is 1.89 bits per heavy atom. The summed E-state index contributed by atoms with van der Waals surface area (Å²) < 4.78 is 44.1. The van der Waals surface area contributed by atoms with E-state index in [0.717, 1.165) is 17.8 Å². The zero-order valence-electron chi connectivity index (χ0n) is 14.9. The van der Waals surface area contributed by atoms with Crippen LogP contribution in [-0.2, 0) is 5.60 Å². The van der Waals surface area contributed by atoms with Crippen LogP contribution in [0.15, 0.2) is 30.5 Å². The number of hydrogen-bond donors (Lipinski definition) is 3. The van der Waals surface area contributed by atoms with Gasteiger partial charge in [-0.15, -0.1) is 0 Å². The molecule has 0 amide bonds. The zero-order chi connectivity index (χ0) is 20.7. The molecule has 1 unspecified atom stereocenters. The molecule has 0 spiro atoms. The number of halogens is 3. The van der Waals surface area contributed by atoms with Crippen molar-refractivity contribution < 1.29 is 23.4 Å². The minimum Gasteiger partial charge on any atom is -0.393 e. The molecule has 3 aromatic rings. The average Bonchev–Trinajstić information content (AvgIpc) is 3.07. The van der Waals surface area contributed by atoms with Crippen molar-refractivity contribution in [3.8, 4) is 21.8 Å². The first-order valence-electron chi connectivity index (χ1n) is 8.14. The molecule has 0 aliphatic heterocycles. The van der Waals surface area contributed by atoms with Crippen molar-refractivity contribution in [1.29, 1.82) is 0 Å². The van der Waals surface area contributed by atoms with E-state index in [9.17, 15) is 23.4 Å². The van der Waals surface area contributed by atoms with E-state index in [-0.39, 0.29) is 11.5 Å². The van der Waals surface area contributed by atoms with Gasteiger partial charge in [0.2, 0.25) is 5.60 Å². The number of hydrogen-bond acceptors (Lipinski definition) is 7. The third-order valence-electron chi connectivity index (χ3n) is 4.35. The first-order chi connectivity index (χ1) is 13.1. The fourth-order valence-corrected chi connectivity index (χ4v) is 3.44. The number of nitrogens with two attached hydrogens (primary N) is 1. The summed E-state index contributed by atoms with van der Waals surface area (Å²) in [6, 6.07) is 5.49. The second-order valence-electron chi connectivity index (χ2n) is 6.37. The van der Waals surface area contributed by atoms with E-state index in [4.69, 9.17) is 5.73 Å². The molecule has 0 saturated carbocycles. The Morgan fingerprint density at radius 3 is 2.46 bits per heavy atom. The molecule has 10 heteroatoms. The van der Waals surface area contributed by atoms with Crippen molar-refractivity contribution in [3.05, 3.63) is 47.3 Å². The Kier molecular flexibility index (Phi) is 5.13. The molecule has 0 aliphatic carbocycles. The minimum atomic E-state index is -5.05. The fraction of sp³-hybridized carbons (Fsp3) is 0.278. The van der Waals surface area contributed by atoms with Crippen LogP contribution >= 0.6 is 11.5 Å². The van der Waals surface area contributed by atoms with Gasteiger partial charge in [0.1, 0.15) is 5.69 Å². The molecule has 6 nitrogen and oxygen atoms in total. The predicted molar refractivity (Wildman–Crippen MR) is 99.5 cm³/mol. The standard InChI is InChI=1S/C18H17F3N4O2S/c1-9-3-4-11(17(27,8-26)18(19,20)21)6-12(9)13-7-23-16(22)15(24-13)14-5-10(2)25-28-14/h3-7,26-27H,8H2,1-2H3,(H2,22,23). The lowest BCUT2D eigenvalue weighted by Crippen LogP contribution is -2.45. The Morgan fingerprint density at radius 1 is 1.18 bits per heavy atom. The van der Waals surface area contributed by atoms with E-state index in [1.54, 1.807) is 13.0 Å². The van der Waals surface area contributed by atoms with Crippen LogP contribution in [0, 0.1) is 13.8 Å². The van der Waals surface area contributed by atoms with Crippen LogP contribution in [0.1, 0.15) is 16.8 Å². The molecule has 4 N–H and O–H groups in total. The SMILES string of the molecule is Cc1cc(-c2nc(-c3cc(C(O)(CO)C(F)(F)F)ccc3C)cnc2N)sn1. The Balaban J connectivity index is 2.15. The maximum absolute atomic E-state index is 13.3. The topological polar surface area (TPSA) is 105 Å². The summed E-state index contributed by atoms with van der Waals surface area (Å²) in [5.41, 5.74) is 4.44. The number of aryl methyl sites for hydroxylation is 2. The van der Waals surface area contributed by atoms with Gasteiger partial charge in [0, 0.05) is 5.56 Å². The second-order valence-corrected chi connectivity index (χ2v) is 7.17. The van der Waals surface area contributed by atoms with Gasteiger partial charge in [0.05, 0.1) is 29.1 Å². The largest absolute Gasteiger partial charge is 0.423 e. The number of aliphatic hydroxyl groups excluding tert-OH is 1. The van der Waals surface area contributed by atoms with Gasteiger partial charge in [-0.1, -0.05) is 12.1 Å². The minimum absolute atomic E-state index is 0.170. The van der Waals surface area contributed by atoms with Crippen molar-refractivity contribution in [2.75, 3.05) is 12.3 Å². The Bertz CT molecular complexity index is 1020. The van der Waals surface area contributed by atoms with Crippen molar-refractivity contribution >= 4 is 17.4 Å². The average molecular weight is 410 g/mol. The number of aromatic nitrogens is 3. The summed E-state index contributed by atoms with van der Waals surface area (Å²) in [6.45, 7) is 2.00. The molecule has 28 heavy (non-hydrogen) atoms. The van der Waals surface area contributed by atoms with E-state index in [2.05, 4.69) is 14.3 Å². The molecular formula is C18H17F3N4O2S. The third kappa shape index (κ3) is 3.46. The van der Waals surface area contributed by atoms with Gasteiger partial charge in [0.15, 0.2) is 5.82 Å². The highest BCUT2D eigenvalue weighted by Gasteiger charge is 2.54. The van der Waals surface area contributed by atoms with Gasteiger partial charge in [-0.3, -0.25) is 0 Å². The number of nitrogens with zero attached hydrogens (tertiary/aromatic N) is 3. The van der Waals surface area contributed by atoms with Crippen molar-refractivity contribution in [2.24, 2.45) is 0 Å². The summed E-state index contributed by atoms with van der Waals surface area (Å²) >= 11 is 1.18. The van der Waals surface area contributed by atoms with Crippen molar-refractivity contribution in [3.63, 3.8) is 0 Å². The smallest absolute Gasteiger partial charge is 0.393 e. The van der Waals surface area contributed by atoms with Gasteiger partial charge >= 0.3 is 6.18 Å². The number of aliphatic hydroxyl groups is 2. The van der Waals surface area contributed by atoms with Gasteiger partial charge in [-0.2, -0.15) is 17.5 Å². The van der Waals surface area contributed by atoms with Gasteiger partial charge in [-0.05, 0) is 48.6 Å². The summed E-state index contributed by atoms with van der Waals surface area (Å²) in [6.07, 6.45) is -3.70. The first kappa shape index (κ1) is 20.2. The van der Waals surface area contributed by atoms with E-state index in [0.29, 0.717) is 21.7 Å². The van der Waals surface area contributed by atoms with Crippen LogP contribution in [0.3, 0.4) is 0 Å². The highest BCUT2D eigenvalue weighted by atomic mass is 32.1. The van der Waals surface area contributed by atoms with E-state index >= 15 is 0 Å². The predicted octanol–water partition coefficient (Wildman–Crippen LogP) is 3.21. The maximum Gasteiger partial charge on any atom is 0.423 e. The van der Waals surface area contributed by atoms with Crippen LogP contribution < -0.4 is 5.73 Å². The molecule has 2 aromatic heterocycles. The van der Waals surface area contributed by atoms with Crippen LogP contribution in [0.2, 0.25) is 0 Å². The Labute approximate surface area is 162 Å². The highest BCUT2D eigenvalue weighted by Crippen LogP contribution is 2.40. The van der Waals surface area contributed by atoms with E-state index < -0.39 is 23.9 Å². The molecule has 148 valence electrons. The highest BCUT2D eigenvalue weighted by molar-refractivity contribution is 7.09.